The fraction of sp³-hybridized carbons (Fsp3) is 0.350. The summed E-state index contributed by atoms with van der Waals surface area (Å²) in [5.41, 5.74) is 1.96. The van der Waals surface area contributed by atoms with Gasteiger partial charge in [0, 0.05) is 24.5 Å². The molecule has 0 radical (unpaired) electrons. The number of morpholine rings is 1. The van der Waals surface area contributed by atoms with Gasteiger partial charge in [-0.05, 0) is 43.3 Å². The number of ether oxygens (including phenoxy) is 2. The van der Waals surface area contributed by atoms with Crippen molar-refractivity contribution in [2.24, 2.45) is 0 Å². The Balaban J connectivity index is 1.58. The van der Waals surface area contributed by atoms with Gasteiger partial charge in [-0.3, -0.25) is 4.79 Å². The second kappa shape index (κ2) is 8.96. The van der Waals surface area contributed by atoms with Gasteiger partial charge in [0.15, 0.2) is 0 Å². The molecule has 1 aliphatic rings. The second-order valence-electron chi connectivity index (χ2n) is 6.05. The van der Waals surface area contributed by atoms with Crippen molar-refractivity contribution in [2.45, 2.75) is 17.1 Å². The Morgan fingerprint density at radius 3 is 2.54 bits per heavy atom. The second-order valence-corrected chi connectivity index (χ2v) is 7.43. The molecule has 1 saturated heterocycles. The Bertz CT molecular complexity index is 730. The molecule has 1 unspecified atom stereocenters. The largest absolute Gasteiger partial charge is 0.496 e. The minimum atomic E-state index is -0.231. The van der Waals surface area contributed by atoms with Crippen LogP contribution in [0.2, 0.25) is 0 Å². The summed E-state index contributed by atoms with van der Waals surface area (Å²) in [7, 11) is 1.64. The number of para-hydroxylation sites is 1. The summed E-state index contributed by atoms with van der Waals surface area (Å²) < 4.78 is 10.7. The third kappa shape index (κ3) is 4.71. The number of benzene rings is 2. The third-order valence-corrected chi connectivity index (χ3v) is 5.41. The molecule has 26 heavy (non-hydrogen) atoms. The van der Waals surface area contributed by atoms with Crippen molar-refractivity contribution in [2.75, 3.05) is 43.6 Å². The van der Waals surface area contributed by atoms with Crippen LogP contribution in [-0.4, -0.2) is 44.6 Å². The van der Waals surface area contributed by atoms with Crippen molar-refractivity contribution >= 4 is 29.0 Å². The lowest BCUT2D eigenvalue weighted by atomic mass is 10.2. The topological polar surface area (TPSA) is 50.8 Å². The summed E-state index contributed by atoms with van der Waals surface area (Å²) in [4.78, 5) is 15.7. The zero-order valence-corrected chi connectivity index (χ0v) is 15.9. The SMILES string of the molecule is COc1ccccc1SC(C)C(=O)Nc1ccc(N2CCOCC2)cc1. The first kappa shape index (κ1) is 18.6. The molecule has 3 rings (SSSR count). The molecule has 0 aromatic heterocycles. The molecule has 0 bridgehead atoms. The van der Waals surface area contributed by atoms with Gasteiger partial charge in [-0.2, -0.15) is 0 Å². The minimum Gasteiger partial charge on any atom is -0.496 e. The summed E-state index contributed by atoms with van der Waals surface area (Å²) in [5.74, 6) is 0.757. The van der Waals surface area contributed by atoms with Crippen LogP contribution in [0.5, 0.6) is 5.75 Å². The van der Waals surface area contributed by atoms with E-state index >= 15 is 0 Å². The summed E-state index contributed by atoms with van der Waals surface area (Å²) in [6, 6.07) is 15.7. The molecule has 138 valence electrons. The van der Waals surface area contributed by atoms with Crippen LogP contribution in [-0.2, 0) is 9.53 Å². The maximum Gasteiger partial charge on any atom is 0.237 e. The zero-order valence-electron chi connectivity index (χ0n) is 15.1. The van der Waals surface area contributed by atoms with Crippen molar-refractivity contribution < 1.29 is 14.3 Å². The minimum absolute atomic E-state index is 0.0278. The zero-order chi connectivity index (χ0) is 18.4. The van der Waals surface area contributed by atoms with E-state index in [9.17, 15) is 4.79 Å². The van der Waals surface area contributed by atoms with Crippen LogP contribution in [0.4, 0.5) is 11.4 Å². The van der Waals surface area contributed by atoms with E-state index in [-0.39, 0.29) is 11.2 Å². The third-order valence-electron chi connectivity index (χ3n) is 4.25. The summed E-state index contributed by atoms with van der Waals surface area (Å²) in [6.07, 6.45) is 0. The molecule has 1 fully saturated rings. The first-order chi connectivity index (χ1) is 12.7. The Morgan fingerprint density at radius 1 is 1.15 bits per heavy atom. The van der Waals surface area contributed by atoms with Crippen LogP contribution in [0.25, 0.3) is 0 Å². The highest BCUT2D eigenvalue weighted by molar-refractivity contribution is 8.00. The number of methoxy groups -OCH3 is 1. The smallest absolute Gasteiger partial charge is 0.237 e. The standard InChI is InChI=1S/C20H24N2O3S/c1-15(26-19-6-4-3-5-18(19)24-2)20(23)21-16-7-9-17(10-8-16)22-11-13-25-14-12-22/h3-10,15H,11-14H2,1-2H3,(H,21,23). The molecule has 1 heterocycles. The van der Waals surface area contributed by atoms with E-state index in [0.717, 1.165) is 48.3 Å². The molecule has 1 N–H and O–H groups in total. The van der Waals surface area contributed by atoms with Gasteiger partial charge in [0.05, 0.1) is 30.5 Å². The Hall–Kier alpha value is -2.18. The lowest BCUT2D eigenvalue weighted by Gasteiger charge is -2.28. The first-order valence-electron chi connectivity index (χ1n) is 8.70. The number of nitrogens with one attached hydrogen (secondary N) is 1. The highest BCUT2D eigenvalue weighted by Crippen LogP contribution is 2.32. The number of hydrogen-bond acceptors (Lipinski definition) is 5. The summed E-state index contributed by atoms with van der Waals surface area (Å²) in [6.45, 7) is 5.22. The molecule has 0 saturated carbocycles. The lowest BCUT2D eigenvalue weighted by Crippen LogP contribution is -2.36. The van der Waals surface area contributed by atoms with E-state index in [4.69, 9.17) is 9.47 Å². The molecule has 1 amide bonds. The molecule has 0 spiro atoms. The molecule has 1 aliphatic heterocycles. The van der Waals surface area contributed by atoms with Gasteiger partial charge in [0.25, 0.3) is 0 Å². The molecule has 0 aliphatic carbocycles. The van der Waals surface area contributed by atoms with Gasteiger partial charge in [0.2, 0.25) is 5.91 Å². The number of carbonyl (C=O) groups is 1. The van der Waals surface area contributed by atoms with Gasteiger partial charge in [-0.25, -0.2) is 0 Å². The van der Waals surface area contributed by atoms with Crippen molar-refractivity contribution in [3.05, 3.63) is 48.5 Å². The number of hydrogen-bond donors (Lipinski definition) is 1. The molecule has 6 heteroatoms. The first-order valence-corrected chi connectivity index (χ1v) is 9.58. The van der Waals surface area contributed by atoms with Gasteiger partial charge >= 0.3 is 0 Å². The maximum atomic E-state index is 12.5. The van der Waals surface area contributed by atoms with E-state index < -0.39 is 0 Å². The van der Waals surface area contributed by atoms with Crippen molar-refractivity contribution in [1.29, 1.82) is 0 Å². The van der Waals surface area contributed by atoms with Crippen molar-refractivity contribution in [3.8, 4) is 5.75 Å². The van der Waals surface area contributed by atoms with E-state index in [0.29, 0.717) is 0 Å². The number of amides is 1. The molecular formula is C20H24N2O3S. The van der Waals surface area contributed by atoms with Gasteiger partial charge in [-0.15, -0.1) is 11.8 Å². The lowest BCUT2D eigenvalue weighted by molar-refractivity contribution is -0.115. The molecule has 1 atom stereocenters. The van der Waals surface area contributed by atoms with Gasteiger partial charge in [0.1, 0.15) is 5.75 Å². The van der Waals surface area contributed by atoms with Crippen LogP contribution < -0.4 is 15.0 Å². The van der Waals surface area contributed by atoms with Crippen LogP contribution in [0.1, 0.15) is 6.92 Å². The number of thioether (sulfide) groups is 1. The normalized spacial score (nSPS) is 15.4. The summed E-state index contributed by atoms with van der Waals surface area (Å²) >= 11 is 1.49. The highest BCUT2D eigenvalue weighted by atomic mass is 32.2. The molecule has 2 aromatic rings. The van der Waals surface area contributed by atoms with Gasteiger partial charge in [-0.1, -0.05) is 12.1 Å². The van der Waals surface area contributed by atoms with Gasteiger partial charge < -0.3 is 19.7 Å². The monoisotopic (exact) mass is 372 g/mol. The fourth-order valence-corrected chi connectivity index (χ4v) is 3.75. The fourth-order valence-electron chi connectivity index (χ4n) is 2.78. The predicted molar refractivity (Wildman–Crippen MR) is 106 cm³/mol. The number of nitrogens with zero attached hydrogens (tertiary/aromatic N) is 1. The molecule has 2 aromatic carbocycles. The van der Waals surface area contributed by atoms with Crippen LogP contribution in [0, 0.1) is 0 Å². The maximum absolute atomic E-state index is 12.5. The van der Waals surface area contributed by atoms with Crippen LogP contribution in [0.15, 0.2) is 53.4 Å². The van der Waals surface area contributed by atoms with Crippen LogP contribution in [0.3, 0.4) is 0 Å². The number of rotatable bonds is 6. The quantitative estimate of drug-likeness (QED) is 0.785. The number of carbonyl (C=O) groups excluding carboxylic acids is 1. The van der Waals surface area contributed by atoms with E-state index in [2.05, 4.69) is 10.2 Å². The van der Waals surface area contributed by atoms with E-state index in [1.807, 2.05) is 55.5 Å². The Kier molecular flexibility index (Phi) is 6.41. The van der Waals surface area contributed by atoms with Crippen molar-refractivity contribution in [1.82, 2.24) is 0 Å². The molecule has 5 nitrogen and oxygen atoms in total. The Morgan fingerprint density at radius 2 is 1.85 bits per heavy atom. The van der Waals surface area contributed by atoms with E-state index in [1.165, 1.54) is 11.8 Å². The van der Waals surface area contributed by atoms with E-state index in [1.54, 1.807) is 7.11 Å². The summed E-state index contributed by atoms with van der Waals surface area (Å²) in [5, 5.41) is 2.75. The molecular weight excluding hydrogens is 348 g/mol. The van der Waals surface area contributed by atoms with Crippen LogP contribution >= 0.6 is 11.8 Å². The Labute approximate surface area is 158 Å². The van der Waals surface area contributed by atoms with Crippen molar-refractivity contribution in [3.63, 3.8) is 0 Å². The average Bonchev–Trinajstić information content (AvgIpc) is 2.69. The number of anilines is 2. The average molecular weight is 372 g/mol. The predicted octanol–water partition coefficient (Wildman–Crippen LogP) is 3.65. The highest BCUT2D eigenvalue weighted by Gasteiger charge is 2.17.